The fourth-order valence-electron chi connectivity index (χ4n) is 4.53. The Bertz CT molecular complexity index is 850. The van der Waals surface area contributed by atoms with Crippen molar-refractivity contribution in [3.8, 4) is 0 Å². The molecule has 9 heteroatoms. The number of rotatable bonds is 5. The summed E-state index contributed by atoms with van der Waals surface area (Å²) in [6.07, 6.45) is 3.05. The fraction of sp³-hybridized carbons (Fsp3) is 0.571. The van der Waals surface area contributed by atoms with Crippen LogP contribution in [0.4, 0.5) is 5.69 Å². The van der Waals surface area contributed by atoms with Gasteiger partial charge in [-0.3, -0.25) is 15.0 Å². The third kappa shape index (κ3) is 4.12. The molecule has 1 aromatic carbocycles. The molecule has 1 aromatic rings. The van der Waals surface area contributed by atoms with Gasteiger partial charge in [-0.2, -0.15) is 5.10 Å². The van der Waals surface area contributed by atoms with Gasteiger partial charge in [0.2, 0.25) is 11.8 Å². The van der Waals surface area contributed by atoms with Gasteiger partial charge in [0.25, 0.3) is 0 Å². The minimum atomic E-state index is -0.271. The molecule has 2 fully saturated rings. The number of para-hydroxylation sites is 1. The first-order valence-corrected chi connectivity index (χ1v) is 12.0. The standard InChI is InChI=1S/C21H28ClN5O2S/c1-3-10-26-19(29)15-11-14(22)8-9-17(15)27-20(26)24-25-21(27)30-12-18(28)23-16-7-5-4-6-13(16)2/h4-7,14-15,17,20,24H,3,8-12H2,1-2H3,(H,23,28). The molecule has 0 radical (unpaired) electrons. The molecule has 2 aliphatic heterocycles. The minimum Gasteiger partial charge on any atom is -0.325 e. The average molecular weight is 450 g/mol. The number of hydrogen-bond donors (Lipinski definition) is 2. The summed E-state index contributed by atoms with van der Waals surface area (Å²) in [6.45, 7) is 4.71. The molecule has 7 nitrogen and oxygen atoms in total. The molecular formula is C21H28ClN5O2S. The summed E-state index contributed by atoms with van der Waals surface area (Å²) in [5, 5.41) is 8.29. The van der Waals surface area contributed by atoms with Crippen LogP contribution in [0.2, 0.25) is 0 Å². The Morgan fingerprint density at radius 1 is 1.37 bits per heavy atom. The second-order valence-electron chi connectivity index (χ2n) is 8.07. The van der Waals surface area contributed by atoms with Crippen LogP contribution >= 0.6 is 23.4 Å². The number of carbonyl (C=O) groups is 2. The zero-order chi connectivity index (χ0) is 21.3. The molecule has 30 heavy (non-hydrogen) atoms. The topological polar surface area (TPSA) is 77.0 Å². The van der Waals surface area contributed by atoms with Crippen LogP contribution in [-0.4, -0.2) is 56.8 Å². The SMILES string of the molecule is CCCN1C(=O)C2CC(Cl)CCC2N2C(SCC(=O)Nc3ccccc3C)=NNC12. The molecule has 4 atom stereocenters. The Hall–Kier alpha value is -1.93. The highest BCUT2D eigenvalue weighted by Gasteiger charge is 2.51. The third-order valence-electron chi connectivity index (χ3n) is 5.98. The van der Waals surface area contributed by atoms with E-state index >= 15 is 0 Å². The van der Waals surface area contributed by atoms with E-state index in [2.05, 4.69) is 27.7 Å². The Kier molecular flexibility index (Phi) is 6.43. The van der Waals surface area contributed by atoms with Crippen LogP contribution in [0.25, 0.3) is 0 Å². The largest absolute Gasteiger partial charge is 0.325 e. The molecule has 3 aliphatic rings. The molecule has 162 valence electrons. The number of thioether (sulfide) groups is 1. The van der Waals surface area contributed by atoms with Crippen LogP contribution in [0, 0.1) is 12.8 Å². The quantitative estimate of drug-likeness (QED) is 0.675. The van der Waals surface area contributed by atoms with E-state index in [4.69, 9.17) is 11.6 Å². The molecule has 2 heterocycles. The highest BCUT2D eigenvalue weighted by atomic mass is 35.5. The summed E-state index contributed by atoms with van der Waals surface area (Å²) in [5.41, 5.74) is 4.99. The Balaban J connectivity index is 1.45. The summed E-state index contributed by atoms with van der Waals surface area (Å²) in [6, 6.07) is 7.80. The summed E-state index contributed by atoms with van der Waals surface area (Å²) < 4.78 is 0. The van der Waals surface area contributed by atoms with E-state index in [1.54, 1.807) is 0 Å². The molecule has 1 saturated heterocycles. The van der Waals surface area contributed by atoms with E-state index in [9.17, 15) is 9.59 Å². The summed E-state index contributed by atoms with van der Waals surface area (Å²) in [7, 11) is 0. The molecule has 0 bridgehead atoms. The van der Waals surface area contributed by atoms with Crippen molar-refractivity contribution in [1.82, 2.24) is 15.2 Å². The summed E-state index contributed by atoms with van der Waals surface area (Å²) in [4.78, 5) is 29.7. The maximum Gasteiger partial charge on any atom is 0.234 e. The minimum absolute atomic E-state index is 0.0405. The normalized spacial score (nSPS) is 27.8. The first kappa shape index (κ1) is 21.3. The number of carbonyl (C=O) groups excluding carboxylic acids is 2. The average Bonchev–Trinajstić information content (AvgIpc) is 3.15. The van der Waals surface area contributed by atoms with E-state index < -0.39 is 0 Å². The monoisotopic (exact) mass is 449 g/mol. The summed E-state index contributed by atoms with van der Waals surface area (Å²) >= 11 is 7.82. The molecule has 1 saturated carbocycles. The maximum absolute atomic E-state index is 13.1. The van der Waals surface area contributed by atoms with Gasteiger partial charge in [-0.1, -0.05) is 36.9 Å². The predicted octanol–water partition coefficient (Wildman–Crippen LogP) is 3.15. The van der Waals surface area contributed by atoms with Crippen LogP contribution in [0.3, 0.4) is 0 Å². The van der Waals surface area contributed by atoms with Gasteiger partial charge in [0, 0.05) is 23.7 Å². The number of halogens is 1. The van der Waals surface area contributed by atoms with Crippen molar-refractivity contribution in [2.24, 2.45) is 11.0 Å². The van der Waals surface area contributed by atoms with Crippen molar-refractivity contribution in [3.05, 3.63) is 29.8 Å². The van der Waals surface area contributed by atoms with Gasteiger partial charge >= 0.3 is 0 Å². The van der Waals surface area contributed by atoms with Crippen molar-refractivity contribution < 1.29 is 9.59 Å². The second-order valence-corrected chi connectivity index (χ2v) is 9.63. The van der Waals surface area contributed by atoms with E-state index in [-0.39, 0.29) is 41.2 Å². The number of benzene rings is 1. The number of anilines is 1. The Morgan fingerprint density at radius 3 is 2.93 bits per heavy atom. The predicted molar refractivity (Wildman–Crippen MR) is 121 cm³/mol. The number of nitrogens with one attached hydrogen (secondary N) is 2. The smallest absolute Gasteiger partial charge is 0.234 e. The molecule has 0 spiro atoms. The first-order chi connectivity index (χ1) is 14.5. The third-order valence-corrected chi connectivity index (χ3v) is 7.34. The number of hydrogen-bond acceptors (Lipinski definition) is 6. The van der Waals surface area contributed by atoms with Gasteiger partial charge in [-0.25, -0.2) is 0 Å². The van der Waals surface area contributed by atoms with Crippen LogP contribution in [0.1, 0.15) is 38.2 Å². The lowest BCUT2D eigenvalue weighted by atomic mass is 9.81. The zero-order valence-corrected chi connectivity index (χ0v) is 18.9. The lowest BCUT2D eigenvalue weighted by Crippen LogP contribution is -2.67. The summed E-state index contributed by atoms with van der Waals surface area (Å²) in [5.74, 6) is 0.241. The van der Waals surface area contributed by atoms with Gasteiger partial charge in [-0.05, 0) is 44.2 Å². The Labute approximate surface area is 186 Å². The highest BCUT2D eigenvalue weighted by molar-refractivity contribution is 8.14. The highest BCUT2D eigenvalue weighted by Crippen LogP contribution is 2.40. The van der Waals surface area contributed by atoms with Gasteiger partial charge < -0.3 is 15.1 Å². The van der Waals surface area contributed by atoms with Crippen LogP contribution < -0.4 is 10.7 Å². The number of fused-ring (bicyclic) bond motifs is 3. The number of hydrazone groups is 1. The van der Waals surface area contributed by atoms with Crippen molar-refractivity contribution in [1.29, 1.82) is 0 Å². The number of amides is 2. The van der Waals surface area contributed by atoms with Crippen LogP contribution in [-0.2, 0) is 9.59 Å². The van der Waals surface area contributed by atoms with Crippen molar-refractivity contribution in [3.63, 3.8) is 0 Å². The van der Waals surface area contributed by atoms with Crippen molar-refractivity contribution in [2.75, 3.05) is 17.6 Å². The first-order valence-electron chi connectivity index (χ1n) is 10.5. The van der Waals surface area contributed by atoms with Gasteiger partial charge in [0.15, 0.2) is 11.5 Å². The van der Waals surface area contributed by atoms with Gasteiger partial charge in [-0.15, -0.1) is 11.6 Å². The molecule has 2 amide bonds. The fourth-order valence-corrected chi connectivity index (χ4v) is 5.68. The van der Waals surface area contributed by atoms with Gasteiger partial charge in [0.05, 0.1) is 11.7 Å². The number of amidine groups is 1. The van der Waals surface area contributed by atoms with E-state index in [0.29, 0.717) is 13.0 Å². The molecular weight excluding hydrogens is 422 g/mol. The van der Waals surface area contributed by atoms with Crippen molar-refractivity contribution >= 4 is 46.0 Å². The van der Waals surface area contributed by atoms with Crippen molar-refractivity contribution in [2.45, 2.75) is 57.2 Å². The molecule has 2 N–H and O–H groups in total. The Morgan fingerprint density at radius 2 is 2.17 bits per heavy atom. The number of nitrogens with zero attached hydrogens (tertiary/aromatic N) is 3. The second kappa shape index (κ2) is 9.06. The lowest BCUT2D eigenvalue weighted by Gasteiger charge is -2.51. The number of aryl methyl sites for hydroxylation is 1. The maximum atomic E-state index is 13.1. The number of alkyl halides is 1. The molecule has 4 rings (SSSR count). The molecule has 0 aromatic heterocycles. The molecule has 4 unspecified atom stereocenters. The lowest BCUT2D eigenvalue weighted by molar-refractivity contribution is -0.155. The van der Waals surface area contributed by atoms with E-state index in [1.807, 2.05) is 36.1 Å². The van der Waals surface area contributed by atoms with Gasteiger partial charge in [0.1, 0.15) is 0 Å². The molecule has 1 aliphatic carbocycles. The van der Waals surface area contributed by atoms with E-state index in [0.717, 1.165) is 35.7 Å². The van der Waals surface area contributed by atoms with Crippen LogP contribution in [0.15, 0.2) is 29.4 Å². The van der Waals surface area contributed by atoms with E-state index in [1.165, 1.54) is 11.8 Å². The zero-order valence-electron chi connectivity index (χ0n) is 17.3. The van der Waals surface area contributed by atoms with Crippen LogP contribution in [0.5, 0.6) is 0 Å².